The quantitative estimate of drug-likeness (QED) is 0.646. The van der Waals surface area contributed by atoms with Crippen LogP contribution < -0.4 is 10.9 Å². The Morgan fingerprint density at radius 1 is 1.04 bits per heavy atom. The van der Waals surface area contributed by atoms with Crippen LogP contribution in [0.3, 0.4) is 0 Å². The normalized spacial score (nSPS) is 10.4. The van der Waals surface area contributed by atoms with E-state index in [1.165, 1.54) is 6.20 Å². The third-order valence-electron chi connectivity index (χ3n) is 3.80. The summed E-state index contributed by atoms with van der Waals surface area (Å²) in [6.07, 6.45) is 2.99. The van der Waals surface area contributed by atoms with E-state index in [0.29, 0.717) is 22.5 Å². The lowest BCUT2D eigenvalue weighted by molar-refractivity contribution is 0.0845. The number of rotatable bonds is 3. The smallest absolute Gasteiger partial charge is 0.267 e. The fourth-order valence-corrected chi connectivity index (χ4v) is 2.81. The second-order valence-corrected chi connectivity index (χ2v) is 6.50. The molecule has 0 saturated carbocycles. The summed E-state index contributed by atoms with van der Waals surface area (Å²) < 4.78 is 2.65. The molecule has 8 heteroatoms. The van der Waals surface area contributed by atoms with Gasteiger partial charge in [-0.15, -0.1) is 0 Å². The Morgan fingerprint density at radius 2 is 1.73 bits per heavy atom. The average Bonchev–Trinajstić information content (AvgIpc) is 2.95. The molecule has 2 heterocycles. The van der Waals surface area contributed by atoms with E-state index in [1.807, 2.05) is 24.3 Å². The van der Waals surface area contributed by atoms with E-state index in [2.05, 4.69) is 36.9 Å². The minimum absolute atomic E-state index is 0.354. The molecule has 26 heavy (non-hydrogen) atoms. The molecule has 3 rings (SSSR count). The summed E-state index contributed by atoms with van der Waals surface area (Å²) in [6.45, 7) is 3.56. The zero-order valence-corrected chi connectivity index (χ0v) is 15.7. The van der Waals surface area contributed by atoms with Crippen LogP contribution in [-0.2, 0) is 0 Å². The van der Waals surface area contributed by atoms with Crippen LogP contribution in [0, 0.1) is 13.8 Å². The molecule has 0 fully saturated rings. The maximum atomic E-state index is 12.5. The van der Waals surface area contributed by atoms with E-state index in [-0.39, 0.29) is 0 Å². The van der Waals surface area contributed by atoms with Crippen molar-refractivity contribution in [2.24, 2.45) is 0 Å². The van der Waals surface area contributed by atoms with Gasteiger partial charge in [-0.2, -0.15) is 5.10 Å². The number of carbonyl (C=O) groups excluding carboxylic acids is 2. The van der Waals surface area contributed by atoms with Gasteiger partial charge in [0.25, 0.3) is 11.8 Å². The maximum Gasteiger partial charge on any atom is 0.273 e. The lowest BCUT2D eigenvalue weighted by Gasteiger charge is -2.08. The lowest BCUT2D eigenvalue weighted by Crippen LogP contribution is -2.42. The second-order valence-electron chi connectivity index (χ2n) is 5.58. The first kappa shape index (κ1) is 17.8. The highest BCUT2D eigenvalue weighted by atomic mass is 79.9. The van der Waals surface area contributed by atoms with Gasteiger partial charge in [-0.05, 0) is 50.2 Å². The Bertz CT molecular complexity index is 952. The highest BCUT2D eigenvalue weighted by molar-refractivity contribution is 9.10. The van der Waals surface area contributed by atoms with Crippen LogP contribution in [0.15, 0.2) is 53.3 Å². The number of pyridine rings is 1. The fraction of sp³-hybridized carbons (Fsp3) is 0.111. The topological polar surface area (TPSA) is 88.9 Å². The number of hydrazine groups is 1. The number of hydrogen-bond donors (Lipinski definition) is 2. The molecule has 1 aromatic carbocycles. The number of carbonyl (C=O) groups is 2. The van der Waals surface area contributed by atoms with E-state index in [9.17, 15) is 9.59 Å². The molecule has 0 saturated heterocycles. The first-order valence-corrected chi connectivity index (χ1v) is 8.59. The van der Waals surface area contributed by atoms with E-state index >= 15 is 0 Å². The number of nitrogens with one attached hydrogen (secondary N) is 2. The molecule has 2 aromatic heterocycles. The van der Waals surface area contributed by atoms with Gasteiger partial charge in [0.2, 0.25) is 0 Å². The van der Waals surface area contributed by atoms with Crippen molar-refractivity contribution in [3.8, 4) is 5.69 Å². The molecule has 0 spiro atoms. The van der Waals surface area contributed by atoms with E-state index in [1.54, 1.807) is 36.9 Å². The minimum Gasteiger partial charge on any atom is -0.267 e. The molecule has 0 atom stereocenters. The van der Waals surface area contributed by atoms with Crippen LogP contribution in [0.5, 0.6) is 0 Å². The van der Waals surface area contributed by atoms with Crippen LogP contribution in [0.2, 0.25) is 0 Å². The van der Waals surface area contributed by atoms with Gasteiger partial charge >= 0.3 is 0 Å². The molecular weight excluding hydrogens is 398 g/mol. The maximum absolute atomic E-state index is 12.5. The number of amides is 2. The molecule has 2 amide bonds. The molecule has 0 aliphatic rings. The van der Waals surface area contributed by atoms with Gasteiger partial charge in [-0.25, -0.2) is 4.68 Å². The lowest BCUT2D eigenvalue weighted by atomic mass is 10.2. The van der Waals surface area contributed by atoms with Crippen molar-refractivity contribution in [2.45, 2.75) is 13.8 Å². The van der Waals surface area contributed by atoms with Crippen molar-refractivity contribution < 1.29 is 9.59 Å². The zero-order chi connectivity index (χ0) is 18.7. The Hall–Kier alpha value is -3.00. The molecule has 0 unspecified atom stereocenters. The van der Waals surface area contributed by atoms with Gasteiger partial charge in [0.05, 0.1) is 28.2 Å². The number of hydrogen-bond acceptors (Lipinski definition) is 4. The SMILES string of the molecule is Cc1nn(-c2ccc(Br)cc2)c(C)c1C(=O)NNC(=O)c1cccnc1. The molecule has 0 radical (unpaired) electrons. The van der Waals surface area contributed by atoms with E-state index in [0.717, 1.165) is 10.2 Å². The van der Waals surface area contributed by atoms with Crippen molar-refractivity contribution in [3.63, 3.8) is 0 Å². The Labute approximate surface area is 158 Å². The summed E-state index contributed by atoms with van der Waals surface area (Å²) in [5.74, 6) is -0.873. The number of nitrogens with zero attached hydrogens (tertiary/aromatic N) is 3. The summed E-state index contributed by atoms with van der Waals surface area (Å²) in [6, 6.07) is 10.9. The van der Waals surface area contributed by atoms with Crippen LogP contribution in [0.4, 0.5) is 0 Å². The summed E-state index contributed by atoms with van der Waals surface area (Å²) >= 11 is 3.39. The molecule has 132 valence electrons. The average molecular weight is 414 g/mol. The highest BCUT2D eigenvalue weighted by Gasteiger charge is 2.20. The second kappa shape index (κ2) is 7.49. The summed E-state index contributed by atoms with van der Waals surface area (Å²) in [5, 5.41) is 4.43. The molecule has 7 nitrogen and oxygen atoms in total. The molecule has 3 aromatic rings. The number of halogens is 1. The van der Waals surface area contributed by atoms with Crippen molar-refractivity contribution in [2.75, 3.05) is 0 Å². The third-order valence-corrected chi connectivity index (χ3v) is 4.33. The largest absolute Gasteiger partial charge is 0.273 e. The highest BCUT2D eigenvalue weighted by Crippen LogP contribution is 2.19. The summed E-state index contributed by atoms with van der Waals surface area (Å²) in [5.41, 5.74) is 7.67. The van der Waals surface area contributed by atoms with Gasteiger partial charge in [-0.1, -0.05) is 15.9 Å². The van der Waals surface area contributed by atoms with Gasteiger partial charge in [0, 0.05) is 16.9 Å². The third kappa shape index (κ3) is 3.65. The van der Waals surface area contributed by atoms with Crippen molar-refractivity contribution in [1.29, 1.82) is 0 Å². The van der Waals surface area contributed by atoms with Gasteiger partial charge < -0.3 is 0 Å². The molecule has 0 aliphatic carbocycles. The van der Waals surface area contributed by atoms with Gasteiger partial charge in [0.15, 0.2) is 0 Å². The summed E-state index contributed by atoms with van der Waals surface area (Å²) in [7, 11) is 0. The molecule has 0 aliphatic heterocycles. The van der Waals surface area contributed by atoms with Crippen LogP contribution in [-0.4, -0.2) is 26.6 Å². The number of aryl methyl sites for hydroxylation is 1. The van der Waals surface area contributed by atoms with E-state index < -0.39 is 11.8 Å². The zero-order valence-electron chi connectivity index (χ0n) is 14.2. The van der Waals surface area contributed by atoms with Crippen LogP contribution >= 0.6 is 15.9 Å². The molecule has 0 bridgehead atoms. The van der Waals surface area contributed by atoms with E-state index in [4.69, 9.17) is 0 Å². The van der Waals surface area contributed by atoms with Crippen molar-refractivity contribution in [3.05, 3.63) is 75.8 Å². The molecule has 2 N–H and O–H groups in total. The first-order valence-electron chi connectivity index (χ1n) is 7.80. The van der Waals surface area contributed by atoms with Crippen molar-refractivity contribution >= 4 is 27.7 Å². The Morgan fingerprint density at radius 3 is 2.38 bits per heavy atom. The number of benzene rings is 1. The summed E-state index contributed by atoms with van der Waals surface area (Å²) in [4.78, 5) is 28.4. The van der Waals surface area contributed by atoms with Crippen LogP contribution in [0.1, 0.15) is 32.1 Å². The fourth-order valence-electron chi connectivity index (χ4n) is 2.55. The van der Waals surface area contributed by atoms with Crippen molar-refractivity contribution in [1.82, 2.24) is 25.6 Å². The predicted molar refractivity (Wildman–Crippen MR) is 99.9 cm³/mol. The van der Waals surface area contributed by atoms with Gasteiger partial charge in [0.1, 0.15) is 0 Å². The Balaban J connectivity index is 1.77. The number of aromatic nitrogens is 3. The minimum atomic E-state index is -0.443. The standard InChI is InChI=1S/C18H16BrN5O2/c1-11-16(12(2)24(23-11)15-7-5-14(19)6-8-15)18(26)22-21-17(25)13-4-3-9-20-10-13/h3-10H,1-2H3,(H,21,25)(H,22,26). The Kier molecular flexibility index (Phi) is 5.13. The first-order chi connectivity index (χ1) is 12.5. The molecular formula is C18H16BrN5O2. The predicted octanol–water partition coefficient (Wildman–Crippen LogP) is 2.72. The van der Waals surface area contributed by atoms with Crippen LogP contribution in [0.25, 0.3) is 5.69 Å². The monoisotopic (exact) mass is 413 g/mol. The van der Waals surface area contributed by atoms with Gasteiger partial charge in [-0.3, -0.25) is 25.4 Å².